The Labute approximate surface area is 107 Å². The van der Waals surface area contributed by atoms with Crippen molar-refractivity contribution in [3.63, 3.8) is 0 Å². The number of pyridine rings is 1. The summed E-state index contributed by atoms with van der Waals surface area (Å²) in [7, 11) is 0. The van der Waals surface area contributed by atoms with Crippen molar-refractivity contribution >= 4 is 0 Å². The molecule has 0 saturated heterocycles. The molecular weight excluding hydrogens is 222 g/mol. The van der Waals surface area contributed by atoms with E-state index < -0.39 is 0 Å². The van der Waals surface area contributed by atoms with Crippen LogP contribution < -0.4 is 0 Å². The van der Waals surface area contributed by atoms with Crippen LogP contribution in [0.25, 0.3) is 0 Å². The smallest absolute Gasteiger partial charge is 0.0824 e. The number of aromatic nitrogens is 1. The highest BCUT2D eigenvalue weighted by Crippen LogP contribution is 2.38. The number of nitrogens with zero attached hydrogens (tertiary/aromatic N) is 1. The molecule has 0 fully saturated rings. The molecule has 2 atom stereocenters. The van der Waals surface area contributed by atoms with Crippen LogP contribution in [-0.2, 0) is 12.8 Å². The van der Waals surface area contributed by atoms with Crippen molar-refractivity contribution in [2.75, 3.05) is 0 Å². The van der Waals surface area contributed by atoms with Gasteiger partial charge >= 0.3 is 0 Å². The van der Waals surface area contributed by atoms with Crippen LogP contribution in [-0.4, -0.2) is 10.1 Å². The Bertz CT molecular complexity index is 524. The summed E-state index contributed by atoms with van der Waals surface area (Å²) >= 11 is 0. The van der Waals surface area contributed by atoms with Crippen molar-refractivity contribution in [3.05, 3.63) is 65.5 Å². The second-order valence-corrected chi connectivity index (χ2v) is 5.00. The molecule has 1 aliphatic rings. The van der Waals surface area contributed by atoms with Crippen LogP contribution in [0.3, 0.4) is 0 Å². The van der Waals surface area contributed by atoms with E-state index in [0.717, 1.165) is 24.8 Å². The summed E-state index contributed by atoms with van der Waals surface area (Å²) in [4.78, 5) is 4.02. The maximum atomic E-state index is 10.3. The number of hydrogen-bond donors (Lipinski definition) is 1. The van der Waals surface area contributed by atoms with Gasteiger partial charge in [0.25, 0.3) is 0 Å². The standard InChI is InChI=1S/C16H17NO/c18-16-14(6-5-12-7-9-17-10-8-12)11-13-3-1-2-4-15(13)16/h1-4,7-10,14,16,18H,5-6,11H2. The zero-order chi connectivity index (χ0) is 12.4. The summed E-state index contributed by atoms with van der Waals surface area (Å²) in [5.41, 5.74) is 3.73. The van der Waals surface area contributed by atoms with Gasteiger partial charge in [-0.1, -0.05) is 24.3 Å². The van der Waals surface area contributed by atoms with Gasteiger partial charge in [0.05, 0.1) is 6.10 Å². The number of hydrogen-bond acceptors (Lipinski definition) is 2. The second kappa shape index (κ2) is 4.91. The lowest BCUT2D eigenvalue weighted by atomic mass is 9.95. The van der Waals surface area contributed by atoms with Gasteiger partial charge in [0.15, 0.2) is 0 Å². The molecule has 1 aromatic heterocycles. The summed E-state index contributed by atoms with van der Waals surface area (Å²) in [5, 5.41) is 10.3. The first-order valence-electron chi connectivity index (χ1n) is 6.49. The molecule has 2 aromatic rings. The Kier molecular flexibility index (Phi) is 3.11. The lowest BCUT2D eigenvalue weighted by Crippen LogP contribution is -2.08. The summed E-state index contributed by atoms with van der Waals surface area (Å²) in [6.45, 7) is 0. The Balaban J connectivity index is 1.66. The molecular formula is C16H17NO. The van der Waals surface area contributed by atoms with Crippen LogP contribution >= 0.6 is 0 Å². The van der Waals surface area contributed by atoms with Gasteiger partial charge in [-0.15, -0.1) is 0 Å². The molecule has 0 spiro atoms. The third-order valence-electron chi connectivity index (χ3n) is 3.86. The van der Waals surface area contributed by atoms with E-state index in [4.69, 9.17) is 0 Å². The molecule has 0 bridgehead atoms. The molecule has 2 nitrogen and oxygen atoms in total. The fourth-order valence-electron chi connectivity index (χ4n) is 2.82. The number of aryl methyl sites for hydroxylation is 1. The maximum absolute atomic E-state index is 10.3. The summed E-state index contributed by atoms with van der Waals surface area (Å²) in [6.07, 6.45) is 6.41. The van der Waals surface area contributed by atoms with Crippen molar-refractivity contribution < 1.29 is 5.11 Å². The fraction of sp³-hybridized carbons (Fsp3) is 0.312. The second-order valence-electron chi connectivity index (χ2n) is 5.00. The van der Waals surface area contributed by atoms with Crippen LogP contribution in [0.15, 0.2) is 48.8 Å². The van der Waals surface area contributed by atoms with Crippen LogP contribution in [0.2, 0.25) is 0 Å². The van der Waals surface area contributed by atoms with Crippen molar-refractivity contribution in [2.45, 2.75) is 25.4 Å². The predicted octanol–water partition coefficient (Wildman–Crippen LogP) is 2.92. The van der Waals surface area contributed by atoms with Gasteiger partial charge in [0, 0.05) is 12.4 Å². The predicted molar refractivity (Wildman–Crippen MR) is 71.2 cm³/mol. The molecule has 0 amide bonds. The van der Waals surface area contributed by atoms with E-state index >= 15 is 0 Å². The molecule has 1 heterocycles. The number of aliphatic hydroxyl groups is 1. The third-order valence-corrected chi connectivity index (χ3v) is 3.86. The lowest BCUT2D eigenvalue weighted by molar-refractivity contribution is 0.118. The van der Waals surface area contributed by atoms with Crippen LogP contribution in [0, 0.1) is 5.92 Å². The maximum Gasteiger partial charge on any atom is 0.0824 e. The van der Waals surface area contributed by atoms with Crippen molar-refractivity contribution in [3.8, 4) is 0 Å². The molecule has 92 valence electrons. The monoisotopic (exact) mass is 239 g/mol. The van der Waals surface area contributed by atoms with E-state index in [1.807, 2.05) is 24.5 Å². The third kappa shape index (κ3) is 2.16. The highest BCUT2D eigenvalue weighted by molar-refractivity contribution is 5.34. The summed E-state index contributed by atoms with van der Waals surface area (Å²) < 4.78 is 0. The molecule has 2 unspecified atom stereocenters. The van der Waals surface area contributed by atoms with Gasteiger partial charge in [-0.2, -0.15) is 0 Å². The highest BCUT2D eigenvalue weighted by Gasteiger charge is 2.29. The molecule has 1 aromatic carbocycles. The number of benzene rings is 1. The topological polar surface area (TPSA) is 33.1 Å². The summed E-state index contributed by atoms with van der Waals surface area (Å²) in [5.74, 6) is 0.357. The normalized spacial score (nSPS) is 21.8. The lowest BCUT2D eigenvalue weighted by Gasteiger charge is -2.14. The first-order chi connectivity index (χ1) is 8.84. The fourth-order valence-corrected chi connectivity index (χ4v) is 2.82. The van der Waals surface area contributed by atoms with Crippen molar-refractivity contribution in [1.82, 2.24) is 4.98 Å². The van der Waals surface area contributed by atoms with E-state index in [9.17, 15) is 5.11 Å². The zero-order valence-electron chi connectivity index (χ0n) is 10.3. The van der Waals surface area contributed by atoms with Crippen LogP contribution in [0.1, 0.15) is 29.2 Å². The Morgan fingerprint density at radius 1 is 1.11 bits per heavy atom. The van der Waals surface area contributed by atoms with Crippen LogP contribution in [0.5, 0.6) is 0 Å². The minimum Gasteiger partial charge on any atom is -0.388 e. The van der Waals surface area contributed by atoms with E-state index in [-0.39, 0.29) is 6.10 Å². The molecule has 1 aliphatic carbocycles. The van der Waals surface area contributed by atoms with E-state index in [0.29, 0.717) is 5.92 Å². The van der Waals surface area contributed by atoms with Gasteiger partial charge in [0.1, 0.15) is 0 Å². The molecule has 0 radical (unpaired) electrons. The average molecular weight is 239 g/mol. The Morgan fingerprint density at radius 2 is 1.89 bits per heavy atom. The minimum atomic E-state index is -0.289. The van der Waals surface area contributed by atoms with Gasteiger partial charge in [-0.25, -0.2) is 0 Å². The van der Waals surface area contributed by atoms with Gasteiger partial charge in [-0.3, -0.25) is 4.98 Å². The number of fused-ring (bicyclic) bond motifs is 1. The molecule has 1 N–H and O–H groups in total. The number of aliphatic hydroxyl groups excluding tert-OH is 1. The molecule has 3 rings (SSSR count). The van der Waals surface area contributed by atoms with E-state index in [1.165, 1.54) is 11.1 Å². The SMILES string of the molecule is OC1c2ccccc2CC1CCc1ccncc1. The Morgan fingerprint density at radius 3 is 2.67 bits per heavy atom. The molecule has 0 aliphatic heterocycles. The van der Waals surface area contributed by atoms with E-state index in [2.05, 4.69) is 29.2 Å². The summed E-state index contributed by atoms with van der Waals surface area (Å²) in [6, 6.07) is 12.3. The minimum absolute atomic E-state index is 0.289. The van der Waals surface area contributed by atoms with Gasteiger partial charge < -0.3 is 5.11 Å². The van der Waals surface area contributed by atoms with Crippen LogP contribution in [0.4, 0.5) is 0 Å². The highest BCUT2D eigenvalue weighted by atomic mass is 16.3. The van der Waals surface area contributed by atoms with E-state index in [1.54, 1.807) is 0 Å². The first kappa shape index (κ1) is 11.4. The number of rotatable bonds is 3. The van der Waals surface area contributed by atoms with Gasteiger partial charge in [0.2, 0.25) is 0 Å². The zero-order valence-corrected chi connectivity index (χ0v) is 10.3. The quantitative estimate of drug-likeness (QED) is 0.893. The van der Waals surface area contributed by atoms with Crippen molar-refractivity contribution in [2.24, 2.45) is 5.92 Å². The molecule has 0 saturated carbocycles. The van der Waals surface area contributed by atoms with Crippen molar-refractivity contribution in [1.29, 1.82) is 0 Å². The molecule has 18 heavy (non-hydrogen) atoms. The molecule has 2 heteroatoms. The average Bonchev–Trinajstić information content (AvgIpc) is 2.75. The largest absolute Gasteiger partial charge is 0.388 e. The van der Waals surface area contributed by atoms with Gasteiger partial charge in [-0.05, 0) is 54.0 Å². The first-order valence-corrected chi connectivity index (χ1v) is 6.49. The Hall–Kier alpha value is -1.67.